The van der Waals surface area contributed by atoms with Crippen LogP contribution in [0.4, 0.5) is 0 Å². The van der Waals surface area contributed by atoms with Gasteiger partial charge in [0.25, 0.3) is 0 Å². The van der Waals surface area contributed by atoms with E-state index in [1.54, 1.807) is 0 Å². The van der Waals surface area contributed by atoms with E-state index >= 15 is 0 Å². The quantitative estimate of drug-likeness (QED) is 0.106. The minimum atomic E-state index is -4.67. The second kappa shape index (κ2) is 14.3. The average molecular weight is 656 g/mol. The smallest absolute Gasteiger partial charge is 0.370 e. The number of nitrogens with two attached hydrogens (primary N) is 2. The predicted octanol–water partition coefficient (Wildman–Crippen LogP) is 1.90. The van der Waals surface area contributed by atoms with Crippen molar-refractivity contribution in [3.8, 4) is 0 Å². The number of rotatable bonds is 4. The Labute approximate surface area is 196 Å². The first-order valence-electron chi connectivity index (χ1n) is 7.71. The second-order valence-corrected chi connectivity index (χ2v) is 8.63. The Kier molecular flexibility index (Phi) is 13.5. The van der Waals surface area contributed by atoms with Gasteiger partial charge in [-0.2, -0.15) is 8.42 Å². The van der Waals surface area contributed by atoms with Crippen LogP contribution in [0.25, 0.3) is 0 Å². The van der Waals surface area contributed by atoms with E-state index in [1.165, 1.54) is 7.14 Å². The number of hydrogen-bond donors (Lipinski definition) is 8. The largest absolute Gasteiger partial charge is 0.394 e. The van der Waals surface area contributed by atoms with Crippen LogP contribution in [-0.4, -0.2) is 29.4 Å². The lowest BCUT2D eigenvalue weighted by Crippen LogP contribution is -2.29. The van der Waals surface area contributed by atoms with Gasteiger partial charge < -0.3 is 22.1 Å². The molecule has 0 aromatic heterocycles. The minimum absolute atomic E-state index is 0.00820. The van der Waals surface area contributed by atoms with Crippen molar-refractivity contribution in [2.75, 3.05) is 0 Å². The summed E-state index contributed by atoms with van der Waals surface area (Å²) in [5.74, 6) is 0.0164. The third-order valence-electron chi connectivity index (χ3n) is 2.74. The SMILES string of the molecule is N=C(N)NCc1cccc([131I])c1.N=C(N)NCc1cccc([131I])c1.O=S(=O)(O)O. The monoisotopic (exact) mass is 656 g/mol. The molecule has 13 heteroatoms. The fourth-order valence-corrected chi connectivity index (χ4v) is 2.90. The van der Waals surface area contributed by atoms with Gasteiger partial charge in [-0.1, -0.05) is 24.3 Å². The lowest BCUT2D eigenvalue weighted by atomic mass is 10.2. The van der Waals surface area contributed by atoms with Crippen LogP contribution in [0.15, 0.2) is 48.5 Å². The van der Waals surface area contributed by atoms with Crippen molar-refractivity contribution < 1.29 is 17.5 Å². The number of halogens is 2. The van der Waals surface area contributed by atoms with Crippen LogP contribution >= 0.6 is 45.2 Å². The molecule has 0 saturated carbocycles. The summed E-state index contributed by atoms with van der Waals surface area (Å²) in [6, 6.07) is 16.1. The maximum Gasteiger partial charge on any atom is 0.394 e. The maximum atomic E-state index is 8.74. The molecule has 10 nitrogen and oxygen atoms in total. The van der Waals surface area contributed by atoms with E-state index < -0.39 is 10.4 Å². The number of nitrogens with one attached hydrogen (secondary N) is 4. The molecule has 0 spiro atoms. The third kappa shape index (κ3) is 19.4. The lowest BCUT2D eigenvalue weighted by Gasteiger charge is -2.03. The topological polar surface area (TPSA) is 198 Å². The van der Waals surface area contributed by atoms with Gasteiger partial charge in [-0.05, 0) is 80.6 Å². The normalized spacial score (nSPS) is 9.79. The maximum absolute atomic E-state index is 8.74. The Morgan fingerprint density at radius 3 is 1.41 bits per heavy atom. The van der Waals surface area contributed by atoms with Gasteiger partial charge in [0.2, 0.25) is 0 Å². The number of guanidine groups is 2. The van der Waals surface area contributed by atoms with Gasteiger partial charge in [-0.15, -0.1) is 0 Å². The Morgan fingerprint density at radius 2 is 1.17 bits per heavy atom. The Hall–Kier alpha value is -1.69. The van der Waals surface area contributed by atoms with Crippen molar-refractivity contribution in [3.63, 3.8) is 0 Å². The first kappa shape index (κ1) is 27.3. The molecule has 10 N–H and O–H groups in total. The zero-order valence-electron chi connectivity index (χ0n) is 15.1. The highest BCUT2D eigenvalue weighted by atomic mass is 131. The molecule has 0 heterocycles. The molecule has 2 aromatic rings. The van der Waals surface area contributed by atoms with E-state index in [2.05, 4.69) is 67.9 Å². The summed E-state index contributed by atoms with van der Waals surface area (Å²) >= 11 is 4.50. The summed E-state index contributed by atoms with van der Waals surface area (Å²) < 4.78 is 34.0. The summed E-state index contributed by atoms with van der Waals surface area (Å²) in [4.78, 5) is 0. The van der Waals surface area contributed by atoms with Crippen molar-refractivity contribution in [1.29, 1.82) is 10.8 Å². The van der Waals surface area contributed by atoms with E-state index in [0.717, 1.165) is 11.1 Å². The summed E-state index contributed by atoms with van der Waals surface area (Å²) in [7, 11) is -4.67. The van der Waals surface area contributed by atoms with Crippen LogP contribution in [-0.2, 0) is 23.5 Å². The van der Waals surface area contributed by atoms with Gasteiger partial charge in [0, 0.05) is 20.2 Å². The van der Waals surface area contributed by atoms with Gasteiger partial charge in [-0.25, -0.2) is 0 Å². The van der Waals surface area contributed by atoms with Crippen molar-refractivity contribution in [3.05, 3.63) is 66.8 Å². The fraction of sp³-hybridized carbons (Fsp3) is 0.125. The van der Waals surface area contributed by atoms with E-state index in [0.29, 0.717) is 13.1 Å². The molecule has 0 aliphatic rings. The molecule has 2 rings (SSSR count). The molecule has 0 radical (unpaired) electrons. The average Bonchev–Trinajstić information content (AvgIpc) is 2.57. The highest BCUT2D eigenvalue weighted by Crippen LogP contribution is 2.07. The third-order valence-corrected chi connectivity index (χ3v) is 4.09. The number of benzene rings is 2. The molecule has 0 amide bonds. The van der Waals surface area contributed by atoms with E-state index in [-0.39, 0.29) is 11.9 Å². The fourth-order valence-electron chi connectivity index (χ4n) is 1.69. The van der Waals surface area contributed by atoms with E-state index in [4.69, 9.17) is 39.8 Å². The number of hydrogen-bond acceptors (Lipinski definition) is 4. The molecule has 0 unspecified atom stereocenters. The molecule has 2 aromatic carbocycles. The van der Waals surface area contributed by atoms with Crippen LogP contribution in [0.1, 0.15) is 11.1 Å². The standard InChI is InChI=1S/2C8H10IN3.H2O4S/c2*9-7-3-1-2-6(4-7)5-12-8(10)11;1-5(2,3)4/h2*1-4H,5H2,(H4,10,11,12);(H2,1,2,3,4)/i2*9+4;. The van der Waals surface area contributed by atoms with Gasteiger partial charge in [0.1, 0.15) is 0 Å². The van der Waals surface area contributed by atoms with Gasteiger partial charge >= 0.3 is 10.4 Å². The molecular weight excluding hydrogens is 634 g/mol. The zero-order chi connectivity index (χ0) is 22.4. The van der Waals surface area contributed by atoms with Crippen molar-refractivity contribution in [1.82, 2.24) is 10.6 Å². The van der Waals surface area contributed by atoms with E-state index in [1.807, 2.05) is 36.4 Å². The summed E-state index contributed by atoms with van der Waals surface area (Å²) in [6.07, 6.45) is 0. The van der Waals surface area contributed by atoms with Gasteiger partial charge in [0.05, 0.1) is 0 Å². The van der Waals surface area contributed by atoms with Crippen LogP contribution in [0.2, 0.25) is 0 Å². The second-order valence-electron chi connectivity index (χ2n) is 5.24. The summed E-state index contributed by atoms with van der Waals surface area (Å²) in [6.45, 7) is 1.23. The molecule has 0 bridgehead atoms. The highest BCUT2D eigenvalue weighted by molar-refractivity contribution is 14.1. The molecule has 160 valence electrons. The molecule has 0 atom stereocenters. The summed E-state index contributed by atoms with van der Waals surface area (Å²) in [5.41, 5.74) is 12.6. The molecular formula is C16H22I2N6O4S. The zero-order valence-corrected chi connectivity index (χ0v) is 20.2. The van der Waals surface area contributed by atoms with Crippen molar-refractivity contribution in [2.45, 2.75) is 13.1 Å². The first-order valence-corrected chi connectivity index (χ1v) is 11.3. The lowest BCUT2D eigenvalue weighted by molar-refractivity contribution is 0.381. The Balaban J connectivity index is 0.000000442. The van der Waals surface area contributed by atoms with Crippen LogP contribution < -0.4 is 22.1 Å². The van der Waals surface area contributed by atoms with Gasteiger partial charge in [0.15, 0.2) is 11.9 Å². The Bertz CT molecular complexity index is 844. The molecule has 0 fully saturated rings. The van der Waals surface area contributed by atoms with Crippen molar-refractivity contribution >= 4 is 67.5 Å². The van der Waals surface area contributed by atoms with Crippen LogP contribution in [0.3, 0.4) is 0 Å². The molecule has 0 saturated heterocycles. The predicted molar refractivity (Wildman–Crippen MR) is 130 cm³/mol. The van der Waals surface area contributed by atoms with Crippen LogP contribution in [0.5, 0.6) is 0 Å². The van der Waals surface area contributed by atoms with Crippen molar-refractivity contribution in [2.24, 2.45) is 11.5 Å². The van der Waals surface area contributed by atoms with Crippen LogP contribution in [0, 0.1) is 18.0 Å². The van der Waals surface area contributed by atoms with Gasteiger partial charge in [-0.3, -0.25) is 19.9 Å². The highest BCUT2D eigenvalue weighted by Gasteiger charge is 1.94. The molecule has 0 aliphatic heterocycles. The van der Waals surface area contributed by atoms with E-state index in [9.17, 15) is 0 Å². The summed E-state index contributed by atoms with van der Waals surface area (Å²) in [5, 5.41) is 19.4. The molecule has 29 heavy (non-hydrogen) atoms. The molecule has 0 aliphatic carbocycles. The Morgan fingerprint density at radius 1 is 0.862 bits per heavy atom. The minimum Gasteiger partial charge on any atom is -0.370 e. The first-order chi connectivity index (χ1) is 13.4.